The molecule has 0 aliphatic carbocycles. The Morgan fingerprint density at radius 3 is 2.52 bits per heavy atom. The van der Waals surface area contributed by atoms with Crippen molar-refractivity contribution in [1.82, 2.24) is 29.9 Å². The molecule has 29 heavy (non-hydrogen) atoms. The number of anilines is 1. The standard InChI is InChI=1S/C22H23N7/c1-3-6-17-9-5-10-18(24-17)13-29-14-21(27-28-29)20-12-19(25-22(23)26-20)16-8-4-7-15(2)11-16/h4-5,7-12,14H,3,6,13H2,1-2H3,(H2,23,25,26). The first-order chi connectivity index (χ1) is 14.1. The van der Waals surface area contributed by atoms with E-state index in [0.29, 0.717) is 17.9 Å². The minimum Gasteiger partial charge on any atom is -0.368 e. The van der Waals surface area contributed by atoms with Gasteiger partial charge in [0, 0.05) is 11.3 Å². The number of pyridine rings is 1. The summed E-state index contributed by atoms with van der Waals surface area (Å²) >= 11 is 0. The van der Waals surface area contributed by atoms with Crippen molar-refractivity contribution in [3.05, 3.63) is 71.7 Å². The Morgan fingerprint density at radius 1 is 0.897 bits per heavy atom. The van der Waals surface area contributed by atoms with Gasteiger partial charge in [-0.3, -0.25) is 4.98 Å². The maximum absolute atomic E-state index is 5.96. The van der Waals surface area contributed by atoms with E-state index in [4.69, 9.17) is 5.73 Å². The molecule has 3 heterocycles. The normalized spacial score (nSPS) is 11.0. The summed E-state index contributed by atoms with van der Waals surface area (Å²) in [5, 5.41) is 8.51. The average Bonchev–Trinajstić information content (AvgIpc) is 3.17. The van der Waals surface area contributed by atoms with Crippen molar-refractivity contribution < 1.29 is 0 Å². The number of benzene rings is 1. The van der Waals surface area contributed by atoms with Gasteiger partial charge in [0.2, 0.25) is 5.95 Å². The van der Waals surface area contributed by atoms with Crippen LogP contribution in [0.5, 0.6) is 0 Å². The minimum absolute atomic E-state index is 0.211. The molecule has 0 atom stereocenters. The third-order valence-electron chi connectivity index (χ3n) is 4.55. The van der Waals surface area contributed by atoms with Crippen LogP contribution in [0.15, 0.2) is 54.7 Å². The molecule has 0 saturated heterocycles. The lowest BCUT2D eigenvalue weighted by Gasteiger charge is -2.05. The predicted octanol–water partition coefficient (Wildman–Crippen LogP) is 3.69. The first kappa shape index (κ1) is 18.7. The van der Waals surface area contributed by atoms with Crippen molar-refractivity contribution in [3.63, 3.8) is 0 Å². The lowest BCUT2D eigenvalue weighted by atomic mass is 10.1. The first-order valence-corrected chi connectivity index (χ1v) is 9.67. The molecule has 4 rings (SSSR count). The summed E-state index contributed by atoms with van der Waals surface area (Å²) in [7, 11) is 0. The van der Waals surface area contributed by atoms with Gasteiger partial charge in [-0.15, -0.1) is 5.10 Å². The highest BCUT2D eigenvalue weighted by atomic mass is 15.4. The number of rotatable bonds is 6. The highest BCUT2D eigenvalue weighted by Crippen LogP contribution is 2.24. The van der Waals surface area contributed by atoms with Crippen molar-refractivity contribution in [2.75, 3.05) is 5.73 Å². The molecule has 0 bridgehead atoms. The topological polar surface area (TPSA) is 95.4 Å². The largest absolute Gasteiger partial charge is 0.368 e. The fourth-order valence-electron chi connectivity index (χ4n) is 3.22. The number of hydrogen-bond acceptors (Lipinski definition) is 6. The zero-order valence-corrected chi connectivity index (χ0v) is 16.6. The maximum atomic E-state index is 5.96. The summed E-state index contributed by atoms with van der Waals surface area (Å²) < 4.78 is 1.76. The Labute approximate surface area is 169 Å². The van der Waals surface area contributed by atoms with Crippen molar-refractivity contribution in [3.8, 4) is 22.6 Å². The van der Waals surface area contributed by atoms with E-state index in [0.717, 1.165) is 41.1 Å². The van der Waals surface area contributed by atoms with Gasteiger partial charge in [0.15, 0.2) is 0 Å². The molecule has 4 aromatic rings. The monoisotopic (exact) mass is 385 g/mol. The van der Waals surface area contributed by atoms with Crippen LogP contribution < -0.4 is 5.73 Å². The van der Waals surface area contributed by atoms with Gasteiger partial charge in [-0.05, 0) is 37.6 Å². The van der Waals surface area contributed by atoms with E-state index in [2.05, 4.69) is 44.3 Å². The summed E-state index contributed by atoms with van der Waals surface area (Å²) in [5.74, 6) is 0.211. The molecule has 0 amide bonds. The molecule has 0 radical (unpaired) electrons. The van der Waals surface area contributed by atoms with Crippen LogP contribution in [-0.2, 0) is 13.0 Å². The molecule has 0 aliphatic rings. The molecule has 1 aromatic carbocycles. The molecular formula is C22H23N7. The Hall–Kier alpha value is -3.61. The van der Waals surface area contributed by atoms with Crippen LogP contribution in [-0.4, -0.2) is 29.9 Å². The molecule has 0 aliphatic heterocycles. The van der Waals surface area contributed by atoms with E-state index in [1.807, 2.05) is 49.5 Å². The van der Waals surface area contributed by atoms with E-state index < -0.39 is 0 Å². The summed E-state index contributed by atoms with van der Waals surface area (Å²) in [6.07, 6.45) is 3.90. The van der Waals surface area contributed by atoms with Crippen LogP contribution in [0, 0.1) is 6.92 Å². The third-order valence-corrected chi connectivity index (χ3v) is 4.55. The predicted molar refractivity (Wildman–Crippen MR) is 113 cm³/mol. The molecule has 0 spiro atoms. The lowest BCUT2D eigenvalue weighted by Crippen LogP contribution is -2.04. The second kappa shape index (κ2) is 8.18. The van der Waals surface area contributed by atoms with E-state index >= 15 is 0 Å². The van der Waals surface area contributed by atoms with E-state index in [1.165, 1.54) is 0 Å². The van der Waals surface area contributed by atoms with E-state index in [9.17, 15) is 0 Å². The lowest BCUT2D eigenvalue weighted by molar-refractivity contribution is 0.635. The van der Waals surface area contributed by atoms with Crippen LogP contribution in [0.1, 0.15) is 30.3 Å². The van der Waals surface area contributed by atoms with Gasteiger partial charge in [-0.25, -0.2) is 14.6 Å². The minimum atomic E-state index is 0.211. The molecule has 3 aromatic heterocycles. The number of aromatic nitrogens is 6. The average molecular weight is 385 g/mol. The van der Waals surface area contributed by atoms with E-state index in [-0.39, 0.29) is 5.95 Å². The zero-order valence-electron chi connectivity index (χ0n) is 16.6. The zero-order chi connectivity index (χ0) is 20.2. The van der Waals surface area contributed by atoms with Crippen molar-refractivity contribution >= 4 is 5.95 Å². The van der Waals surface area contributed by atoms with Crippen LogP contribution in [0.4, 0.5) is 5.95 Å². The van der Waals surface area contributed by atoms with Crippen LogP contribution in [0.3, 0.4) is 0 Å². The van der Waals surface area contributed by atoms with Crippen LogP contribution in [0.25, 0.3) is 22.6 Å². The van der Waals surface area contributed by atoms with Gasteiger partial charge < -0.3 is 5.73 Å². The molecule has 2 N–H and O–H groups in total. The highest BCUT2D eigenvalue weighted by molar-refractivity contribution is 5.67. The van der Waals surface area contributed by atoms with Gasteiger partial charge in [-0.2, -0.15) is 0 Å². The second-order valence-electron chi connectivity index (χ2n) is 7.04. The van der Waals surface area contributed by atoms with Gasteiger partial charge in [0.25, 0.3) is 0 Å². The first-order valence-electron chi connectivity index (χ1n) is 9.67. The maximum Gasteiger partial charge on any atom is 0.221 e. The fraction of sp³-hybridized carbons (Fsp3) is 0.227. The number of nitrogens with two attached hydrogens (primary N) is 1. The highest BCUT2D eigenvalue weighted by Gasteiger charge is 2.11. The van der Waals surface area contributed by atoms with Gasteiger partial charge in [0.05, 0.1) is 29.8 Å². The Balaban J connectivity index is 1.60. The van der Waals surface area contributed by atoms with Gasteiger partial charge in [-0.1, -0.05) is 48.4 Å². The molecule has 0 unspecified atom stereocenters. The number of nitrogens with zero attached hydrogens (tertiary/aromatic N) is 6. The second-order valence-corrected chi connectivity index (χ2v) is 7.04. The van der Waals surface area contributed by atoms with E-state index in [1.54, 1.807) is 4.68 Å². The molecule has 0 fully saturated rings. The summed E-state index contributed by atoms with van der Waals surface area (Å²) in [4.78, 5) is 13.4. The van der Waals surface area contributed by atoms with Crippen molar-refractivity contribution in [2.24, 2.45) is 0 Å². The van der Waals surface area contributed by atoms with Crippen molar-refractivity contribution in [1.29, 1.82) is 0 Å². The molecule has 7 nitrogen and oxygen atoms in total. The third kappa shape index (κ3) is 4.45. The smallest absolute Gasteiger partial charge is 0.221 e. The molecule has 146 valence electrons. The number of nitrogen functional groups attached to an aromatic ring is 1. The van der Waals surface area contributed by atoms with Crippen molar-refractivity contribution in [2.45, 2.75) is 33.2 Å². The molecule has 0 saturated carbocycles. The number of hydrogen-bond donors (Lipinski definition) is 1. The SMILES string of the molecule is CCCc1cccc(Cn2cc(-c3cc(-c4cccc(C)c4)nc(N)n3)nn2)n1. The van der Waals surface area contributed by atoms with Gasteiger partial charge >= 0.3 is 0 Å². The Bertz CT molecular complexity index is 1130. The Morgan fingerprint density at radius 2 is 1.69 bits per heavy atom. The Kier molecular flexibility index (Phi) is 5.29. The summed E-state index contributed by atoms with van der Waals surface area (Å²) in [6, 6.07) is 16.1. The summed E-state index contributed by atoms with van der Waals surface area (Å²) in [5.41, 5.74) is 12.2. The number of aryl methyl sites for hydroxylation is 2. The van der Waals surface area contributed by atoms with Gasteiger partial charge in [0.1, 0.15) is 5.69 Å². The molecular weight excluding hydrogens is 362 g/mol. The van der Waals surface area contributed by atoms with Crippen LogP contribution >= 0.6 is 0 Å². The summed E-state index contributed by atoms with van der Waals surface area (Å²) in [6.45, 7) is 4.75. The molecule has 7 heteroatoms. The fourth-order valence-corrected chi connectivity index (χ4v) is 3.22. The van der Waals surface area contributed by atoms with Crippen LogP contribution in [0.2, 0.25) is 0 Å². The quantitative estimate of drug-likeness (QED) is 0.544.